The van der Waals surface area contributed by atoms with Crippen LogP contribution >= 0.6 is 0 Å². The summed E-state index contributed by atoms with van der Waals surface area (Å²) in [6.07, 6.45) is 0. The molecule has 106 valence electrons. The SMILES string of the molecule is C=C1Nc2ccc(-c3ccccc3-c3ccccc3)cc2N1. The maximum atomic E-state index is 3.91. The van der Waals surface area contributed by atoms with E-state index in [1.54, 1.807) is 0 Å². The van der Waals surface area contributed by atoms with Crippen molar-refractivity contribution in [3.63, 3.8) is 0 Å². The Morgan fingerprint density at radius 2 is 1.23 bits per heavy atom. The highest BCUT2D eigenvalue weighted by atomic mass is 15.2. The largest absolute Gasteiger partial charge is 0.341 e. The Labute approximate surface area is 130 Å². The van der Waals surface area contributed by atoms with Crippen LogP contribution in [-0.4, -0.2) is 0 Å². The van der Waals surface area contributed by atoms with Gasteiger partial charge in [0.15, 0.2) is 0 Å². The highest BCUT2D eigenvalue weighted by Gasteiger charge is 2.14. The minimum Gasteiger partial charge on any atom is -0.341 e. The molecule has 1 aliphatic rings. The fourth-order valence-corrected chi connectivity index (χ4v) is 2.88. The first-order valence-electron chi connectivity index (χ1n) is 7.33. The molecule has 4 rings (SSSR count). The Hall–Kier alpha value is -3.00. The number of anilines is 2. The van der Waals surface area contributed by atoms with Crippen molar-refractivity contribution >= 4 is 11.4 Å². The van der Waals surface area contributed by atoms with Crippen molar-refractivity contribution in [3.05, 3.63) is 85.2 Å². The normalized spacial score (nSPS) is 12.5. The van der Waals surface area contributed by atoms with Gasteiger partial charge >= 0.3 is 0 Å². The van der Waals surface area contributed by atoms with Crippen molar-refractivity contribution in [1.29, 1.82) is 0 Å². The summed E-state index contributed by atoms with van der Waals surface area (Å²) in [6, 6.07) is 25.4. The molecule has 2 heteroatoms. The van der Waals surface area contributed by atoms with E-state index in [2.05, 4.69) is 83.9 Å². The van der Waals surface area contributed by atoms with Gasteiger partial charge in [-0.05, 0) is 34.4 Å². The van der Waals surface area contributed by atoms with Crippen LogP contribution in [0.5, 0.6) is 0 Å². The first kappa shape index (κ1) is 12.7. The molecule has 1 aliphatic heterocycles. The third-order valence-corrected chi connectivity index (χ3v) is 3.91. The maximum Gasteiger partial charge on any atom is 0.100 e. The number of hydrogen-bond donors (Lipinski definition) is 2. The second-order valence-corrected chi connectivity index (χ2v) is 5.40. The molecule has 0 saturated heterocycles. The maximum absolute atomic E-state index is 3.91. The van der Waals surface area contributed by atoms with Crippen LogP contribution in [0, 0.1) is 0 Å². The van der Waals surface area contributed by atoms with Crippen molar-refractivity contribution in [2.75, 3.05) is 10.6 Å². The molecule has 3 aromatic carbocycles. The zero-order valence-electron chi connectivity index (χ0n) is 12.1. The second-order valence-electron chi connectivity index (χ2n) is 5.40. The van der Waals surface area contributed by atoms with Crippen LogP contribution in [0.4, 0.5) is 11.4 Å². The average Bonchev–Trinajstić information content (AvgIpc) is 2.95. The van der Waals surface area contributed by atoms with Crippen LogP contribution in [0.15, 0.2) is 85.2 Å². The van der Waals surface area contributed by atoms with E-state index in [0.29, 0.717) is 0 Å². The van der Waals surface area contributed by atoms with Gasteiger partial charge in [0.25, 0.3) is 0 Å². The van der Waals surface area contributed by atoms with E-state index < -0.39 is 0 Å². The highest BCUT2D eigenvalue weighted by molar-refractivity contribution is 5.89. The molecule has 0 aliphatic carbocycles. The summed E-state index contributed by atoms with van der Waals surface area (Å²) in [6.45, 7) is 3.91. The highest BCUT2D eigenvalue weighted by Crippen LogP contribution is 2.37. The summed E-state index contributed by atoms with van der Waals surface area (Å²) in [5.41, 5.74) is 7.05. The summed E-state index contributed by atoms with van der Waals surface area (Å²) < 4.78 is 0. The predicted octanol–water partition coefficient (Wildman–Crippen LogP) is 5.33. The molecular weight excluding hydrogens is 268 g/mol. The molecule has 0 radical (unpaired) electrons. The lowest BCUT2D eigenvalue weighted by molar-refractivity contribution is 1.52. The van der Waals surface area contributed by atoms with Gasteiger partial charge in [-0.25, -0.2) is 0 Å². The minimum absolute atomic E-state index is 0.823. The molecular formula is C20H16N2. The van der Waals surface area contributed by atoms with Crippen molar-refractivity contribution in [2.24, 2.45) is 0 Å². The van der Waals surface area contributed by atoms with Crippen LogP contribution < -0.4 is 10.6 Å². The number of rotatable bonds is 2. The minimum atomic E-state index is 0.823. The Morgan fingerprint density at radius 1 is 0.591 bits per heavy atom. The molecule has 0 amide bonds. The molecule has 0 spiro atoms. The average molecular weight is 284 g/mol. The van der Waals surface area contributed by atoms with E-state index in [-0.39, 0.29) is 0 Å². The van der Waals surface area contributed by atoms with E-state index in [0.717, 1.165) is 17.2 Å². The van der Waals surface area contributed by atoms with E-state index in [9.17, 15) is 0 Å². The molecule has 3 aromatic rings. The molecule has 0 atom stereocenters. The summed E-state index contributed by atoms with van der Waals surface area (Å²) in [5, 5.41) is 6.48. The van der Waals surface area contributed by atoms with Gasteiger partial charge in [0, 0.05) is 0 Å². The lowest BCUT2D eigenvalue weighted by atomic mass is 9.94. The molecule has 0 fully saturated rings. The van der Waals surface area contributed by atoms with Gasteiger partial charge < -0.3 is 10.6 Å². The first-order chi connectivity index (χ1) is 10.8. The van der Waals surface area contributed by atoms with Crippen molar-refractivity contribution < 1.29 is 0 Å². The zero-order chi connectivity index (χ0) is 14.9. The number of fused-ring (bicyclic) bond motifs is 1. The fourth-order valence-electron chi connectivity index (χ4n) is 2.88. The monoisotopic (exact) mass is 284 g/mol. The molecule has 22 heavy (non-hydrogen) atoms. The van der Waals surface area contributed by atoms with E-state index in [4.69, 9.17) is 0 Å². The smallest absolute Gasteiger partial charge is 0.100 e. The van der Waals surface area contributed by atoms with Crippen molar-refractivity contribution in [3.8, 4) is 22.3 Å². The molecule has 0 aromatic heterocycles. The summed E-state index contributed by atoms with van der Waals surface area (Å²) in [4.78, 5) is 0. The van der Waals surface area contributed by atoms with Gasteiger partial charge in [0.05, 0.1) is 11.4 Å². The zero-order valence-corrected chi connectivity index (χ0v) is 12.1. The van der Waals surface area contributed by atoms with Crippen LogP contribution in [-0.2, 0) is 0 Å². The van der Waals surface area contributed by atoms with Gasteiger partial charge in [-0.2, -0.15) is 0 Å². The van der Waals surface area contributed by atoms with E-state index in [1.165, 1.54) is 22.3 Å². The molecule has 2 nitrogen and oxygen atoms in total. The Bertz CT molecular complexity index is 851. The van der Waals surface area contributed by atoms with Gasteiger partial charge in [-0.15, -0.1) is 0 Å². The fraction of sp³-hybridized carbons (Fsp3) is 0. The Balaban J connectivity index is 1.85. The predicted molar refractivity (Wildman–Crippen MR) is 93.7 cm³/mol. The molecule has 0 unspecified atom stereocenters. The quantitative estimate of drug-likeness (QED) is 0.664. The number of hydrogen-bond acceptors (Lipinski definition) is 2. The second kappa shape index (κ2) is 5.08. The van der Waals surface area contributed by atoms with Gasteiger partial charge in [-0.1, -0.05) is 67.2 Å². The van der Waals surface area contributed by atoms with Gasteiger partial charge in [0.2, 0.25) is 0 Å². The van der Waals surface area contributed by atoms with E-state index >= 15 is 0 Å². The first-order valence-corrected chi connectivity index (χ1v) is 7.33. The molecule has 0 saturated carbocycles. The van der Waals surface area contributed by atoms with Crippen LogP contribution in [0.1, 0.15) is 0 Å². The van der Waals surface area contributed by atoms with E-state index in [1.807, 2.05) is 6.07 Å². The number of nitrogens with one attached hydrogen (secondary N) is 2. The van der Waals surface area contributed by atoms with Gasteiger partial charge in [0.1, 0.15) is 5.82 Å². The molecule has 2 N–H and O–H groups in total. The lowest BCUT2D eigenvalue weighted by Crippen LogP contribution is -1.94. The van der Waals surface area contributed by atoms with Crippen molar-refractivity contribution in [2.45, 2.75) is 0 Å². The summed E-state index contributed by atoms with van der Waals surface area (Å²) in [5.74, 6) is 0.823. The standard InChI is InChI=1S/C20H16N2/c1-14-21-19-12-11-16(13-20(19)22-14)18-10-6-5-9-17(18)15-7-3-2-4-8-15/h2-13,21-22H,1H2. The Kier molecular flexibility index (Phi) is 2.94. The third kappa shape index (κ3) is 2.15. The summed E-state index contributed by atoms with van der Waals surface area (Å²) in [7, 11) is 0. The molecule has 1 heterocycles. The van der Waals surface area contributed by atoms with Gasteiger partial charge in [-0.3, -0.25) is 0 Å². The third-order valence-electron chi connectivity index (χ3n) is 3.91. The van der Waals surface area contributed by atoms with Crippen LogP contribution in [0.25, 0.3) is 22.3 Å². The van der Waals surface area contributed by atoms with Crippen molar-refractivity contribution in [1.82, 2.24) is 0 Å². The molecule has 0 bridgehead atoms. The van der Waals surface area contributed by atoms with Crippen LogP contribution in [0.3, 0.4) is 0 Å². The number of benzene rings is 3. The lowest BCUT2D eigenvalue weighted by Gasteiger charge is -2.11. The topological polar surface area (TPSA) is 24.1 Å². The summed E-state index contributed by atoms with van der Waals surface area (Å²) >= 11 is 0. The Morgan fingerprint density at radius 3 is 2.00 bits per heavy atom. The van der Waals surface area contributed by atoms with Crippen LogP contribution in [0.2, 0.25) is 0 Å².